The lowest BCUT2D eigenvalue weighted by Gasteiger charge is -2.11. The Bertz CT molecular complexity index is 446. The lowest BCUT2D eigenvalue weighted by atomic mass is 10.2. The van der Waals surface area contributed by atoms with Crippen molar-refractivity contribution in [3.8, 4) is 5.75 Å². The fourth-order valence-corrected chi connectivity index (χ4v) is 1.43. The van der Waals surface area contributed by atoms with E-state index >= 15 is 0 Å². The molecule has 0 aromatic heterocycles. The fraction of sp³-hybridized carbons (Fsp3) is 0.333. The van der Waals surface area contributed by atoms with Gasteiger partial charge in [-0.3, -0.25) is 9.59 Å². The van der Waals surface area contributed by atoms with Gasteiger partial charge < -0.3 is 20.7 Å². The van der Waals surface area contributed by atoms with E-state index in [-0.39, 0.29) is 18.4 Å². The van der Waals surface area contributed by atoms with Crippen molar-refractivity contribution >= 4 is 23.2 Å². The van der Waals surface area contributed by atoms with Crippen molar-refractivity contribution < 1.29 is 14.3 Å². The summed E-state index contributed by atoms with van der Waals surface area (Å²) in [6, 6.07) is 5.02. The summed E-state index contributed by atoms with van der Waals surface area (Å²) < 4.78 is 5.15. The Morgan fingerprint density at radius 3 is 2.56 bits per heavy atom. The van der Waals surface area contributed by atoms with Gasteiger partial charge in [-0.25, -0.2) is 0 Å². The molecule has 6 nitrogen and oxygen atoms in total. The molecule has 3 N–H and O–H groups in total. The summed E-state index contributed by atoms with van der Waals surface area (Å²) in [5.74, 6) is 0.166. The van der Waals surface area contributed by atoms with Crippen LogP contribution >= 0.6 is 0 Å². The van der Waals surface area contributed by atoms with Gasteiger partial charge in [-0.2, -0.15) is 0 Å². The van der Waals surface area contributed by atoms with Gasteiger partial charge >= 0.3 is 0 Å². The number of benzene rings is 1. The van der Waals surface area contributed by atoms with E-state index in [1.165, 1.54) is 14.0 Å². The topological polar surface area (TPSA) is 79.5 Å². The molecule has 0 heterocycles. The van der Waals surface area contributed by atoms with Gasteiger partial charge in [0.05, 0.1) is 19.3 Å². The van der Waals surface area contributed by atoms with Gasteiger partial charge in [0.1, 0.15) is 5.75 Å². The number of carbonyl (C=O) groups is 2. The predicted octanol–water partition coefficient (Wildman–Crippen LogP) is 0.811. The van der Waals surface area contributed by atoms with Crippen LogP contribution in [0.2, 0.25) is 0 Å². The van der Waals surface area contributed by atoms with Crippen LogP contribution in [0.3, 0.4) is 0 Å². The number of rotatable bonds is 5. The van der Waals surface area contributed by atoms with Crippen LogP contribution < -0.4 is 20.7 Å². The number of likely N-dealkylation sites (N-methyl/N-ethyl adjacent to an activating group) is 1. The summed E-state index contributed by atoms with van der Waals surface area (Å²) in [5.41, 5.74) is 1.18. The zero-order chi connectivity index (χ0) is 13.5. The van der Waals surface area contributed by atoms with Crippen LogP contribution in [0.1, 0.15) is 6.92 Å². The SMILES string of the molecule is CNCC(=O)Nc1ccc(NC(C)=O)c(OC)c1. The number of hydrogen-bond acceptors (Lipinski definition) is 4. The molecule has 2 amide bonds. The summed E-state index contributed by atoms with van der Waals surface area (Å²) >= 11 is 0. The maximum Gasteiger partial charge on any atom is 0.238 e. The second-order valence-electron chi connectivity index (χ2n) is 3.67. The summed E-state index contributed by atoms with van der Waals surface area (Å²) in [4.78, 5) is 22.4. The van der Waals surface area contributed by atoms with Crippen LogP contribution in [0.4, 0.5) is 11.4 Å². The maximum absolute atomic E-state index is 11.4. The molecular formula is C12H17N3O3. The molecule has 0 fully saturated rings. The largest absolute Gasteiger partial charge is 0.494 e. The Balaban J connectivity index is 2.84. The minimum absolute atomic E-state index is 0.146. The summed E-state index contributed by atoms with van der Waals surface area (Å²) in [6.45, 7) is 1.65. The number of ether oxygens (including phenoxy) is 1. The molecule has 0 spiro atoms. The third-order valence-electron chi connectivity index (χ3n) is 2.13. The number of hydrogen-bond donors (Lipinski definition) is 3. The van der Waals surface area contributed by atoms with Gasteiger partial charge in [-0.15, -0.1) is 0 Å². The minimum atomic E-state index is -0.180. The summed E-state index contributed by atoms with van der Waals surface area (Å²) in [7, 11) is 3.19. The molecule has 18 heavy (non-hydrogen) atoms. The lowest BCUT2D eigenvalue weighted by molar-refractivity contribution is -0.115. The normalized spacial score (nSPS) is 9.72. The van der Waals surface area contributed by atoms with E-state index in [1.807, 2.05) is 0 Å². The average molecular weight is 251 g/mol. The molecule has 0 radical (unpaired) electrons. The molecular weight excluding hydrogens is 234 g/mol. The van der Waals surface area contributed by atoms with Crippen molar-refractivity contribution in [2.75, 3.05) is 31.3 Å². The van der Waals surface area contributed by atoms with Crippen molar-refractivity contribution in [1.29, 1.82) is 0 Å². The average Bonchev–Trinajstić information content (AvgIpc) is 2.30. The van der Waals surface area contributed by atoms with Gasteiger partial charge in [0.2, 0.25) is 11.8 Å². The molecule has 6 heteroatoms. The first-order valence-corrected chi connectivity index (χ1v) is 5.47. The van der Waals surface area contributed by atoms with Gasteiger partial charge in [0, 0.05) is 18.7 Å². The molecule has 0 atom stereocenters. The number of amides is 2. The van der Waals surface area contributed by atoms with Crippen LogP contribution in [0.5, 0.6) is 5.75 Å². The van der Waals surface area contributed by atoms with Crippen molar-refractivity contribution in [3.05, 3.63) is 18.2 Å². The first-order chi connectivity index (χ1) is 8.56. The smallest absolute Gasteiger partial charge is 0.238 e. The van der Waals surface area contributed by atoms with Gasteiger partial charge in [0.25, 0.3) is 0 Å². The molecule has 0 aliphatic rings. The summed E-state index contributed by atoms with van der Waals surface area (Å²) in [5, 5.41) is 8.10. The Kier molecular flexibility index (Phi) is 5.13. The molecule has 0 aliphatic carbocycles. The van der Waals surface area contributed by atoms with E-state index in [4.69, 9.17) is 4.74 Å². The van der Waals surface area contributed by atoms with Crippen LogP contribution in [-0.2, 0) is 9.59 Å². The Hall–Kier alpha value is -2.08. The van der Waals surface area contributed by atoms with Crippen LogP contribution in [-0.4, -0.2) is 32.5 Å². The first kappa shape index (κ1) is 14.0. The highest BCUT2D eigenvalue weighted by Crippen LogP contribution is 2.27. The minimum Gasteiger partial charge on any atom is -0.494 e. The van der Waals surface area contributed by atoms with E-state index in [0.29, 0.717) is 17.1 Å². The third-order valence-corrected chi connectivity index (χ3v) is 2.13. The van der Waals surface area contributed by atoms with E-state index < -0.39 is 0 Å². The van der Waals surface area contributed by atoms with Gasteiger partial charge in [0.15, 0.2) is 0 Å². The number of carbonyl (C=O) groups excluding carboxylic acids is 2. The molecule has 0 aliphatic heterocycles. The molecule has 1 rings (SSSR count). The van der Waals surface area contributed by atoms with Crippen LogP contribution in [0.25, 0.3) is 0 Å². The Morgan fingerprint density at radius 1 is 1.28 bits per heavy atom. The van der Waals surface area contributed by atoms with E-state index in [1.54, 1.807) is 25.2 Å². The number of anilines is 2. The second-order valence-corrected chi connectivity index (χ2v) is 3.67. The molecule has 0 bridgehead atoms. The predicted molar refractivity (Wildman–Crippen MR) is 69.9 cm³/mol. The molecule has 1 aromatic rings. The van der Waals surface area contributed by atoms with Crippen molar-refractivity contribution in [2.45, 2.75) is 6.92 Å². The van der Waals surface area contributed by atoms with E-state index in [0.717, 1.165) is 0 Å². The van der Waals surface area contributed by atoms with Crippen molar-refractivity contribution in [2.24, 2.45) is 0 Å². The molecule has 1 aromatic carbocycles. The summed E-state index contributed by atoms with van der Waals surface area (Å²) in [6.07, 6.45) is 0. The lowest BCUT2D eigenvalue weighted by Crippen LogP contribution is -2.25. The maximum atomic E-state index is 11.4. The quantitative estimate of drug-likeness (QED) is 0.723. The van der Waals surface area contributed by atoms with Gasteiger partial charge in [-0.1, -0.05) is 0 Å². The van der Waals surface area contributed by atoms with E-state index in [2.05, 4.69) is 16.0 Å². The zero-order valence-corrected chi connectivity index (χ0v) is 10.7. The standard InChI is InChI=1S/C12H17N3O3/c1-8(16)14-10-5-4-9(6-11(10)18-3)15-12(17)7-13-2/h4-6,13H,7H2,1-3H3,(H,14,16)(H,15,17). The second kappa shape index (κ2) is 6.61. The highest BCUT2D eigenvalue weighted by molar-refractivity contribution is 5.94. The van der Waals surface area contributed by atoms with Crippen molar-refractivity contribution in [1.82, 2.24) is 5.32 Å². The highest BCUT2D eigenvalue weighted by Gasteiger charge is 2.07. The van der Waals surface area contributed by atoms with Gasteiger partial charge in [-0.05, 0) is 19.2 Å². The van der Waals surface area contributed by atoms with Crippen molar-refractivity contribution in [3.63, 3.8) is 0 Å². The molecule has 0 unspecified atom stereocenters. The zero-order valence-electron chi connectivity index (χ0n) is 10.7. The fourth-order valence-electron chi connectivity index (χ4n) is 1.43. The number of nitrogens with one attached hydrogen (secondary N) is 3. The number of methoxy groups -OCH3 is 1. The molecule has 98 valence electrons. The van der Waals surface area contributed by atoms with Crippen LogP contribution in [0, 0.1) is 0 Å². The monoisotopic (exact) mass is 251 g/mol. The Morgan fingerprint density at radius 2 is 2.00 bits per heavy atom. The van der Waals surface area contributed by atoms with Crippen LogP contribution in [0.15, 0.2) is 18.2 Å². The highest BCUT2D eigenvalue weighted by atomic mass is 16.5. The third kappa shape index (κ3) is 4.06. The molecule has 0 saturated carbocycles. The van der Waals surface area contributed by atoms with E-state index in [9.17, 15) is 9.59 Å². The first-order valence-electron chi connectivity index (χ1n) is 5.47. The Labute approximate surface area is 106 Å². The molecule has 0 saturated heterocycles.